The molecule has 0 aliphatic rings. The van der Waals surface area contributed by atoms with Crippen LogP contribution >= 0.6 is 27.5 Å². The third-order valence-corrected chi connectivity index (χ3v) is 4.14. The van der Waals surface area contributed by atoms with Crippen molar-refractivity contribution in [3.8, 4) is 5.69 Å². The molecule has 7 nitrogen and oxygen atoms in total. The normalized spacial score (nSPS) is 10.3. The van der Waals surface area contributed by atoms with Crippen LogP contribution in [0.3, 0.4) is 0 Å². The van der Waals surface area contributed by atoms with Gasteiger partial charge in [-0.1, -0.05) is 28.9 Å². The van der Waals surface area contributed by atoms with E-state index < -0.39 is 11.8 Å². The molecule has 2 amide bonds. The van der Waals surface area contributed by atoms with Crippen LogP contribution < -0.4 is 10.9 Å². The molecule has 0 spiro atoms. The molecule has 0 aliphatic carbocycles. The minimum atomic E-state index is -0.583. The van der Waals surface area contributed by atoms with E-state index >= 15 is 0 Å². The highest BCUT2D eigenvalue weighted by Crippen LogP contribution is 2.19. The molecule has 0 saturated heterocycles. The molecule has 126 valence electrons. The second-order valence-electron chi connectivity index (χ2n) is 4.91. The molecule has 0 unspecified atom stereocenters. The van der Waals surface area contributed by atoms with Gasteiger partial charge in [-0.15, -0.1) is 5.10 Å². The molecule has 25 heavy (non-hydrogen) atoms. The molecule has 3 aromatic rings. The number of rotatable bonds is 3. The molecule has 0 radical (unpaired) electrons. The number of nitrogens with zero attached hydrogens (tertiary/aromatic N) is 3. The van der Waals surface area contributed by atoms with E-state index in [2.05, 4.69) is 37.1 Å². The number of aromatic nitrogens is 3. The number of carbonyl (C=O) groups is 2. The highest BCUT2D eigenvalue weighted by molar-refractivity contribution is 9.10. The minimum Gasteiger partial charge on any atom is -0.267 e. The van der Waals surface area contributed by atoms with Crippen molar-refractivity contribution in [2.75, 3.05) is 0 Å². The van der Waals surface area contributed by atoms with Crippen molar-refractivity contribution in [3.63, 3.8) is 0 Å². The average molecular weight is 421 g/mol. The maximum Gasteiger partial charge on any atom is 0.291 e. The summed E-state index contributed by atoms with van der Waals surface area (Å²) in [6.45, 7) is 0. The van der Waals surface area contributed by atoms with Gasteiger partial charge in [0.1, 0.15) is 0 Å². The molecule has 9 heteroatoms. The number of hydrazine groups is 1. The number of carbonyl (C=O) groups excluding carboxylic acids is 2. The highest BCUT2D eigenvalue weighted by Gasteiger charge is 2.14. The Bertz CT molecular complexity index is 926. The van der Waals surface area contributed by atoms with Gasteiger partial charge in [0.15, 0.2) is 5.69 Å². The lowest BCUT2D eigenvalue weighted by Gasteiger charge is -2.05. The van der Waals surface area contributed by atoms with Gasteiger partial charge in [0.25, 0.3) is 11.8 Å². The topological polar surface area (TPSA) is 88.9 Å². The van der Waals surface area contributed by atoms with Gasteiger partial charge in [-0.3, -0.25) is 20.4 Å². The van der Waals surface area contributed by atoms with Crippen molar-refractivity contribution in [1.29, 1.82) is 0 Å². The standard InChI is InChI=1S/C16H11BrClN5O2/c17-12-3-1-2-4-14(12)23-9-13(19-22-23)16(25)21-20-15(24)10-5-7-11(18)8-6-10/h1-9H,(H,20,24)(H,21,25). The Balaban J connectivity index is 1.65. The summed E-state index contributed by atoms with van der Waals surface area (Å²) in [6, 6.07) is 13.6. The Morgan fingerprint density at radius 2 is 1.68 bits per heavy atom. The van der Waals surface area contributed by atoms with E-state index in [9.17, 15) is 9.59 Å². The van der Waals surface area contributed by atoms with E-state index in [1.807, 2.05) is 24.3 Å². The second-order valence-corrected chi connectivity index (χ2v) is 6.21. The lowest BCUT2D eigenvalue weighted by atomic mass is 10.2. The first-order chi connectivity index (χ1) is 12.0. The van der Waals surface area contributed by atoms with Crippen LogP contribution in [0.4, 0.5) is 0 Å². The van der Waals surface area contributed by atoms with Crippen molar-refractivity contribution >= 4 is 39.3 Å². The van der Waals surface area contributed by atoms with Gasteiger partial charge >= 0.3 is 0 Å². The summed E-state index contributed by atoms with van der Waals surface area (Å²) in [5.74, 6) is -1.05. The number of halogens is 2. The zero-order valence-corrected chi connectivity index (χ0v) is 15.0. The van der Waals surface area contributed by atoms with Crippen LogP contribution in [0.5, 0.6) is 0 Å². The summed E-state index contributed by atoms with van der Waals surface area (Å²) in [4.78, 5) is 24.0. The van der Waals surface area contributed by atoms with Gasteiger partial charge in [0.2, 0.25) is 0 Å². The second kappa shape index (κ2) is 7.45. The zero-order valence-electron chi connectivity index (χ0n) is 12.6. The van der Waals surface area contributed by atoms with Gasteiger partial charge < -0.3 is 0 Å². The smallest absolute Gasteiger partial charge is 0.267 e. The molecule has 0 saturated carbocycles. The number of nitrogens with one attached hydrogen (secondary N) is 2. The average Bonchev–Trinajstić information content (AvgIpc) is 3.10. The van der Waals surface area contributed by atoms with E-state index in [4.69, 9.17) is 11.6 Å². The summed E-state index contributed by atoms with van der Waals surface area (Å²) in [7, 11) is 0. The van der Waals surface area contributed by atoms with Crippen LogP contribution in [0.2, 0.25) is 5.02 Å². The third-order valence-electron chi connectivity index (χ3n) is 3.22. The Morgan fingerprint density at radius 3 is 2.40 bits per heavy atom. The fraction of sp³-hybridized carbons (Fsp3) is 0. The predicted octanol–water partition coefficient (Wildman–Crippen LogP) is 2.76. The predicted molar refractivity (Wildman–Crippen MR) is 95.4 cm³/mol. The Morgan fingerprint density at radius 1 is 1.00 bits per heavy atom. The summed E-state index contributed by atoms with van der Waals surface area (Å²) in [5, 5.41) is 8.24. The molecule has 1 heterocycles. The van der Waals surface area contributed by atoms with Crippen molar-refractivity contribution in [2.24, 2.45) is 0 Å². The number of hydrogen-bond acceptors (Lipinski definition) is 4. The molecule has 2 N–H and O–H groups in total. The van der Waals surface area contributed by atoms with Gasteiger partial charge in [-0.05, 0) is 52.3 Å². The van der Waals surface area contributed by atoms with Gasteiger partial charge in [-0.2, -0.15) is 0 Å². The zero-order chi connectivity index (χ0) is 17.8. The lowest BCUT2D eigenvalue weighted by molar-refractivity contribution is 0.0844. The Kier molecular flexibility index (Phi) is 5.11. The van der Waals surface area contributed by atoms with Crippen LogP contribution in [-0.2, 0) is 0 Å². The molecule has 0 bridgehead atoms. The minimum absolute atomic E-state index is 0.0622. The van der Waals surface area contributed by atoms with Crippen LogP contribution in [0, 0.1) is 0 Å². The van der Waals surface area contributed by atoms with Crippen molar-refractivity contribution in [1.82, 2.24) is 25.8 Å². The van der Waals surface area contributed by atoms with E-state index in [-0.39, 0.29) is 5.69 Å². The van der Waals surface area contributed by atoms with Crippen molar-refractivity contribution < 1.29 is 9.59 Å². The van der Waals surface area contributed by atoms with E-state index in [1.54, 1.807) is 24.3 Å². The van der Waals surface area contributed by atoms with Gasteiger partial charge in [0, 0.05) is 15.1 Å². The molecule has 1 aromatic heterocycles. The largest absolute Gasteiger partial charge is 0.291 e. The third kappa shape index (κ3) is 4.04. The SMILES string of the molecule is O=C(NNC(=O)c1cn(-c2ccccc2Br)nn1)c1ccc(Cl)cc1. The molecule has 3 rings (SSSR count). The monoisotopic (exact) mass is 419 g/mol. The first kappa shape index (κ1) is 17.1. The molecule has 0 atom stereocenters. The lowest BCUT2D eigenvalue weighted by Crippen LogP contribution is -2.41. The van der Waals surface area contributed by atoms with Crippen LogP contribution in [0.1, 0.15) is 20.8 Å². The number of para-hydroxylation sites is 1. The fourth-order valence-corrected chi connectivity index (χ4v) is 2.57. The number of benzene rings is 2. The van der Waals surface area contributed by atoms with Crippen molar-refractivity contribution in [2.45, 2.75) is 0 Å². The quantitative estimate of drug-likeness (QED) is 0.638. The molecular formula is C16H11BrClN5O2. The molecular weight excluding hydrogens is 410 g/mol. The molecule has 0 aliphatic heterocycles. The maximum atomic E-state index is 12.1. The number of hydrogen-bond donors (Lipinski definition) is 2. The van der Waals surface area contributed by atoms with Crippen LogP contribution in [0.25, 0.3) is 5.69 Å². The first-order valence-electron chi connectivity index (χ1n) is 7.08. The maximum absolute atomic E-state index is 12.1. The molecule has 2 aromatic carbocycles. The summed E-state index contributed by atoms with van der Waals surface area (Å²) >= 11 is 9.17. The van der Waals surface area contributed by atoms with E-state index in [0.29, 0.717) is 10.6 Å². The number of amides is 2. The van der Waals surface area contributed by atoms with Crippen LogP contribution in [-0.4, -0.2) is 26.8 Å². The summed E-state index contributed by atoms with van der Waals surface area (Å²) in [6.07, 6.45) is 1.46. The van der Waals surface area contributed by atoms with Crippen LogP contribution in [0.15, 0.2) is 59.2 Å². The Labute approximate surface area is 156 Å². The molecule has 0 fully saturated rings. The summed E-state index contributed by atoms with van der Waals surface area (Å²) < 4.78 is 2.27. The van der Waals surface area contributed by atoms with Gasteiger partial charge in [-0.25, -0.2) is 4.68 Å². The Hall–Kier alpha value is -2.71. The van der Waals surface area contributed by atoms with E-state index in [1.165, 1.54) is 10.9 Å². The fourth-order valence-electron chi connectivity index (χ4n) is 1.97. The summed E-state index contributed by atoms with van der Waals surface area (Å²) in [5.41, 5.74) is 5.76. The van der Waals surface area contributed by atoms with Crippen molar-refractivity contribution in [3.05, 3.63) is 75.5 Å². The highest BCUT2D eigenvalue weighted by atomic mass is 79.9. The van der Waals surface area contributed by atoms with Gasteiger partial charge in [0.05, 0.1) is 11.9 Å². The van der Waals surface area contributed by atoms with E-state index in [0.717, 1.165) is 10.2 Å². The first-order valence-corrected chi connectivity index (χ1v) is 8.25.